The average molecular weight is 287 g/mol. The molecule has 1 aromatic carbocycles. The molecule has 98 valence electrons. The number of ether oxygens (including phenoxy) is 1. The van der Waals surface area contributed by atoms with Crippen molar-refractivity contribution in [3.05, 3.63) is 29.0 Å². The van der Waals surface area contributed by atoms with E-state index in [9.17, 15) is 0 Å². The van der Waals surface area contributed by atoms with Crippen LogP contribution in [0.3, 0.4) is 0 Å². The fraction of sp³-hybridized carbons (Fsp3) is 0.462. The van der Waals surface area contributed by atoms with Gasteiger partial charge in [-0.2, -0.15) is 0 Å². The third-order valence-corrected chi connectivity index (χ3v) is 3.37. The zero-order chi connectivity index (χ0) is 13.1. The maximum atomic E-state index is 6.05. The van der Waals surface area contributed by atoms with E-state index >= 15 is 0 Å². The molecule has 1 aromatic heterocycles. The Bertz CT molecular complexity index is 539. The van der Waals surface area contributed by atoms with Crippen molar-refractivity contribution >= 4 is 34.2 Å². The summed E-state index contributed by atoms with van der Waals surface area (Å²) < 4.78 is 7.46. The molecule has 0 aliphatic carbocycles. The van der Waals surface area contributed by atoms with Crippen LogP contribution in [0.4, 0.5) is 0 Å². The highest BCUT2D eigenvalue weighted by Crippen LogP contribution is 2.22. The lowest BCUT2D eigenvalue weighted by atomic mass is 10.3. The van der Waals surface area contributed by atoms with Crippen molar-refractivity contribution in [3.8, 4) is 0 Å². The molecule has 3 nitrogen and oxygen atoms in total. The maximum absolute atomic E-state index is 6.05. The molecule has 5 heteroatoms. The Labute approximate surface area is 117 Å². The smallest absolute Gasteiger partial charge is 0.111 e. The van der Waals surface area contributed by atoms with Gasteiger partial charge in [-0.25, -0.2) is 4.98 Å². The number of alkyl halides is 1. The maximum Gasteiger partial charge on any atom is 0.111 e. The van der Waals surface area contributed by atoms with Crippen molar-refractivity contribution < 1.29 is 4.74 Å². The predicted octanol–water partition coefficient (Wildman–Crippen LogP) is 3.51. The predicted molar refractivity (Wildman–Crippen MR) is 75.6 cm³/mol. The first-order valence-corrected chi connectivity index (χ1v) is 6.80. The van der Waals surface area contributed by atoms with Gasteiger partial charge in [0.2, 0.25) is 0 Å². The number of benzene rings is 1. The molecular formula is C13H16Cl2N2O. The van der Waals surface area contributed by atoms with Crippen molar-refractivity contribution in [2.75, 3.05) is 13.0 Å². The molecule has 0 N–H and O–H groups in total. The molecular weight excluding hydrogens is 271 g/mol. The summed E-state index contributed by atoms with van der Waals surface area (Å²) in [7, 11) is 1.71. The van der Waals surface area contributed by atoms with Crippen molar-refractivity contribution in [1.82, 2.24) is 9.55 Å². The second-order valence-electron chi connectivity index (χ2n) is 4.26. The third kappa shape index (κ3) is 2.79. The van der Waals surface area contributed by atoms with E-state index in [0.29, 0.717) is 10.9 Å². The summed E-state index contributed by atoms with van der Waals surface area (Å²) in [4.78, 5) is 4.60. The third-order valence-electron chi connectivity index (χ3n) is 2.95. The van der Waals surface area contributed by atoms with Crippen molar-refractivity contribution in [3.63, 3.8) is 0 Å². The van der Waals surface area contributed by atoms with Crippen LogP contribution in [0.25, 0.3) is 11.0 Å². The molecule has 0 spiro atoms. The standard InChI is InChI=1S/C13H16Cl2N2O/c1-9(18-2)8-17-12-7-10(15)3-4-11(12)16-13(17)5-6-14/h3-4,7,9H,5-6,8H2,1-2H3. The Hall–Kier alpha value is -0.770. The molecule has 0 amide bonds. The van der Waals surface area contributed by atoms with E-state index in [1.54, 1.807) is 7.11 Å². The van der Waals surface area contributed by atoms with Crippen LogP contribution in [0.5, 0.6) is 0 Å². The summed E-state index contributed by atoms with van der Waals surface area (Å²) in [5.74, 6) is 1.53. The zero-order valence-electron chi connectivity index (χ0n) is 10.5. The van der Waals surface area contributed by atoms with Gasteiger partial charge in [-0.05, 0) is 25.1 Å². The first-order chi connectivity index (χ1) is 8.65. The number of methoxy groups -OCH3 is 1. The van der Waals surface area contributed by atoms with Gasteiger partial charge in [0, 0.05) is 24.4 Å². The molecule has 0 aliphatic rings. The largest absolute Gasteiger partial charge is 0.380 e. The van der Waals surface area contributed by atoms with Gasteiger partial charge in [-0.1, -0.05) is 11.6 Å². The molecule has 18 heavy (non-hydrogen) atoms. The highest BCUT2D eigenvalue weighted by molar-refractivity contribution is 6.31. The topological polar surface area (TPSA) is 27.1 Å². The van der Waals surface area contributed by atoms with Gasteiger partial charge in [0.15, 0.2) is 0 Å². The minimum Gasteiger partial charge on any atom is -0.380 e. The molecule has 0 saturated carbocycles. The number of aromatic nitrogens is 2. The normalized spacial score (nSPS) is 13.1. The van der Waals surface area contributed by atoms with Crippen molar-refractivity contribution in [2.24, 2.45) is 0 Å². The molecule has 0 fully saturated rings. The van der Waals surface area contributed by atoms with Crippen LogP contribution in [-0.4, -0.2) is 28.6 Å². The number of halogens is 2. The monoisotopic (exact) mass is 286 g/mol. The molecule has 2 rings (SSSR count). The highest BCUT2D eigenvalue weighted by Gasteiger charge is 2.13. The van der Waals surface area contributed by atoms with Gasteiger partial charge < -0.3 is 9.30 Å². The van der Waals surface area contributed by atoms with Crippen LogP contribution in [-0.2, 0) is 17.7 Å². The number of hydrogen-bond donors (Lipinski definition) is 0. The SMILES string of the molecule is COC(C)Cn1c(CCCl)nc2ccc(Cl)cc21. The van der Waals surface area contributed by atoms with Gasteiger partial charge in [0.25, 0.3) is 0 Å². The minimum absolute atomic E-state index is 0.121. The fourth-order valence-electron chi connectivity index (χ4n) is 1.96. The van der Waals surface area contributed by atoms with E-state index in [0.717, 1.165) is 29.8 Å². The molecule has 0 aliphatic heterocycles. The Morgan fingerprint density at radius 3 is 2.89 bits per heavy atom. The van der Waals surface area contributed by atoms with Crippen LogP contribution in [0.1, 0.15) is 12.7 Å². The summed E-state index contributed by atoms with van der Waals surface area (Å²) >= 11 is 11.9. The van der Waals surface area contributed by atoms with Gasteiger partial charge in [0.05, 0.1) is 23.7 Å². The van der Waals surface area contributed by atoms with E-state index < -0.39 is 0 Å². The van der Waals surface area contributed by atoms with Crippen molar-refractivity contribution in [1.29, 1.82) is 0 Å². The Balaban J connectivity index is 2.49. The van der Waals surface area contributed by atoms with E-state index in [1.165, 1.54) is 0 Å². The molecule has 0 radical (unpaired) electrons. The van der Waals surface area contributed by atoms with Crippen LogP contribution in [0.15, 0.2) is 18.2 Å². The van der Waals surface area contributed by atoms with Gasteiger partial charge in [0.1, 0.15) is 5.82 Å². The van der Waals surface area contributed by atoms with Gasteiger partial charge in [-0.15, -0.1) is 11.6 Å². The molecule has 2 aromatic rings. The van der Waals surface area contributed by atoms with E-state index in [2.05, 4.69) is 9.55 Å². The molecule has 0 bridgehead atoms. The summed E-state index contributed by atoms with van der Waals surface area (Å²) in [5.41, 5.74) is 1.98. The quantitative estimate of drug-likeness (QED) is 0.787. The lowest BCUT2D eigenvalue weighted by Gasteiger charge is -2.13. The Morgan fingerprint density at radius 1 is 1.44 bits per heavy atom. The summed E-state index contributed by atoms with van der Waals surface area (Å²) in [5, 5.41) is 0.714. The number of aryl methyl sites for hydroxylation is 1. The molecule has 1 heterocycles. The van der Waals surface area contributed by atoms with Gasteiger partial charge in [-0.3, -0.25) is 0 Å². The van der Waals surface area contributed by atoms with Gasteiger partial charge >= 0.3 is 0 Å². The van der Waals surface area contributed by atoms with Crippen LogP contribution < -0.4 is 0 Å². The second-order valence-corrected chi connectivity index (χ2v) is 5.07. The number of fused-ring (bicyclic) bond motifs is 1. The lowest BCUT2D eigenvalue weighted by molar-refractivity contribution is 0.103. The van der Waals surface area contributed by atoms with E-state index in [1.807, 2.05) is 25.1 Å². The Morgan fingerprint density at radius 2 is 2.22 bits per heavy atom. The first kappa shape index (κ1) is 13.7. The highest BCUT2D eigenvalue weighted by atomic mass is 35.5. The summed E-state index contributed by atoms with van der Waals surface area (Å²) in [6, 6.07) is 5.72. The number of imidazole rings is 1. The van der Waals surface area contributed by atoms with Crippen molar-refractivity contribution in [2.45, 2.75) is 26.0 Å². The van der Waals surface area contributed by atoms with E-state index in [4.69, 9.17) is 27.9 Å². The van der Waals surface area contributed by atoms with Crippen LogP contribution in [0, 0.1) is 0 Å². The summed E-state index contributed by atoms with van der Waals surface area (Å²) in [6.07, 6.45) is 0.861. The molecule has 1 atom stereocenters. The van der Waals surface area contributed by atoms with Crippen LogP contribution in [0.2, 0.25) is 5.02 Å². The number of rotatable bonds is 5. The van der Waals surface area contributed by atoms with Crippen LogP contribution >= 0.6 is 23.2 Å². The first-order valence-electron chi connectivity index (χ1n) is 5.89. The lowest BCUT2D eigenvalue weighted by Crippen LogP contribution is -2.17. The molecule has 1 unspecified atom stereocenters. The number of nitrogens with zero attached hydrogens (tertiary/aromatic N) is 2. The summed E-state index contributed by atoms with van der Waals surface area (Å²) in [6.45, 7) is 2.78. The second kappa shape index (κ2) is 5.91. The average Bonchev–Trinajstić information content (AvgIpc) is 2.68. The fourth-order valence-corrected chi connectivity index (χ4v) is 2.29. The molecule has 0 saturated heterocycles. The Kier molecular flexibility index (Phi) is 4.49. The zero-order valence-corrected chi connectivity index (χ0v) is 12.0. The van der Waals surface area contributed by atoms with E-state index in [-0.39, 0.29) is 6.10 Å². The number of hydrogen-bond acceptors (Lipinski definition) is 2. The minimum atomic E-state index is 0.121.